The molecular formula is C23H36N2O6. The van der Waals surface area contributed by atoms with E-state index in [1.165, 1.54) is 11.9 Å². The summed E-state index contributed by atoms with van der Waals surface area (Å²) in [6, 6.07) is 9.20. The van der Waals surface area contributed by atoms with Gasteiger partial charge in [-0.05, 0) is 46.1 Å². The molecule has 0 spiro atoms. The Hall–Kier alpha value is -2.61. The van der Waals surface area contributed by atoms with Crippen LogP contribution >= 0.6 is 0 Å². The number of nitrogens with zero attached hydrogens (tertiary/aromatic N) is 1. The Labute approximate surface area is 184 Å². The minimum absolute atomic E-state index is 0.288. The average Bonchev–Trinajstić information content (AvgIpc) is 2.64. The number of carbonyl (C=O) groups excluding carboxylic acids is 3. The van der Waals surface area contributed by atoms with Crippen molar-refractivity contribution in [2.24, 2.45) is 5.92 Å². The second-order valence-electron chi connectivity index (χ2n) is 9.45. The predicted molar refractivity (Wildman–Crippen MR) is 117 cm³/mol. The van der Waals surface area contributed by atoms with Crippen LogP contribution in [0.4, 0.5) is 4.79 Å². The largest absolute Gasteiger partial charge is 0.453 e. The number of benzene rings is 1. The summed E-state index contributed by atoms with van der Waals surface area (Å²) in [4.78, 5) is 38.4. The topological polar surface area (TPSA) is 105 Å². The SMILES string of the molecule is CC(C)C(O)(CN(C)C(=O)CNC(=O)OC(C)(C)C)C(=O)OC(C)(C)c1ccccc1. The molecule has 1 aromatic carbocycles. The second kappa shape index (κ2) is 10.1. The molecular weight excluding hydrogens is 400 g/mol. The number of rotatable bonds is 8. The molecule has 174 valence electrons. The monoisotopic (exact) mass is 436 g/mol. The molecule has 1 atom stereocenters. The second-order valence-corrected chi connectivity index (χ2v) is 9.45. The predicted octanol–water partition coefficient (Wildman–Crippen LogP) is 2.84. The molecule has 0 aliphatic carbocycles. The van der Waals surface area contributed by atoms with Gasteiger partial charge in [-0.15, -0.1) is 0 Å². The van der Waals surface area contributed by atoms with E-state index >= 15 is 0 Å². The highest BCUT2D eigenvalue weighted by Crippen LogP contribution is 2.29. The van der Waals surface area contributed by atoms with Gasteiger partial charge in [0, 0.05) is 7.05 Å². The van der Waals surface area contributed by atoms with E-state index < -0.39 is 40.7 Å². The van der Waals surface area contributed by atoms with E-state index in [1.807, 2.05) is 30.3 Å². The van der Waals surface area contributed by atoms with Gasteiger partial charge < -0.3 is 24.8 Å². The maximum absolute atomic E-state index is 13.0. The quantitative estimate of drug-likeness (QED) is 0.607. The molecule has 2 N–H and O–H groups in total. The first kappa shape index (κ1) is 26.4. The number of hydrogen-bond acceptors (Lipinski definition) is 6. The molecule has 8 heteroatoms. The number of hydrogen-bond donors (Lipinski definition) is 2. The summed E-state index contributed by atoms with van der Waals surface area (Å²) in [6.07, 6.45) is -0.725. The number of amides is 2. The molecule has 0 saturated heterocycles. The molecule has 0 saturated carbocycles. The number of esters is 1. The summed E-state index contributed by atoms with van der Waals surface area (Å²) in [5, 5.41) is 13.5. The van der Waals surface area contributed by atoms with Crippen LogP contribution < -0.4 is 5.32 Å². The van der Waals surface area contributed by atoms with Crippen LogP contribution in [0.5, 0.6) is 0 Å². The Bertz CT molecular complexity index is 770. The lowest BCUT2D eigenvalue weighted by molar-refractivity contribution is -0.187. The van der Waals surface area contributed by atoms with Crippen molar-refractivity contribution >= 4 is 18.0 Å². The summed E-state index contributed by atoms with van der Waals surface area (Å²) in [7, 11) is 1.45. The Kier molecular flexibility index (Phi) is 8.64. The third-order valence-electron chi connectivity index (χ3n) is 4.81. The smallest absolute Gasteiger partial charge is 0.408 e. The molecule has 0 aliphatic rings. The third-order valence-corrected chi connectivity index (χ3v) is 4.81. The lowest BCUT2D eigenvalue weighted by atomic mass is 9.89. The average molecular weight is 437 g/mol. The van der Waals surface area contributed by atoms with Crippen LogP contribution in [0.2, 0.25) is 0 Å². The highest BCUT2D eigenvalue weighted by Gasteiger charge is 2.45. The van der Waals surface area contributed by atoms with Gasteiger partial charge in [0.1, 0.15) is 17.7 Å². The fourth-order valence-corrected chi connectivity index (χ4v) is 2.75. The molecule has 0 aromatic heterocycles. The van der Waals surface area contributed by atoms with Crippen molar-refractivity contribution in [3.63, 3.8) is 0 Å². The lowest BCUT2D eigenvalue weighted by Crippen LogP contribution is -2.56. The van der Waals surface area contributed by atoms with Crippen LogP contribution in [0, 0.1) is 5.92 Å². The molecule has 0 fully saturated rings. The Morgan fingerprint density at radius 3 is 2.06 bits per heavy atom. The van der Waals surface area contributed by atoms with Gasteiger partial charge in [0.15, 0.2) is 5.60 Å². The first-order valence-corrected chi connectivity index (χ1v) is 10.3. The van der Waals surface area contributed by atoms with Crippen molar-refractivity contribution in [3.8, 4) is 0 Å². The van der Waals surface area contributed by atoms with Crippen LogP contribution in [-0.4, -0.2) is 59.3 Å². The zero-order chi connectivity index (χ0) is 24.0. The lowest BCUT2D eigenvalue weighted by Gasteiger charge is -2.37. The van der Waals surface area contributed by atoms with Crippen LogP contribution in [0.15, 0.2) is 30.3 Å². The standard InChI is InChI=1S/C23H36N2O6/c1-16(2)23(29,19(27)30-22(6,7)17-12-10-9-11-13-17)15-25(8)18(26)14-24-20(28)31-21(3,4)5/h9-13,16,29H,14-15H2,1-8H3,(H,24,28). The molecule has 2 amide bonds. The fourth-order valence-electron chi connectivity index (χ4n) is 2.75. The minimum atomic E-state index is -1.93. The summed E-state index contributed by atoms with van der Waals surface area (Å²) in [5.41, 5.74) is -2.81. The van der Waals surface area contributed by atoms with Crippen LogP contribution in [-0.2, 0) is 24.7 Å². The van der Waals surface area contributed by atoms with Crippen molar-refractivity contribution in [2.75, 3.05) is 20.1 Å². The molecule has 0 bridgehead atoms. The van der Waals surface area contributed by atoms with E-state index in [-0.39, 0.29) is 13.1 Å². The highest BCUT2D eigenvalue weighted by molar-refractivity contribution is 5.84. The zero-order valence-electron chi connectivity index (χ0n) is 19.8. The summed E-state index contributed by atoms with van der Waals surface area (Å²) in [5.74, 6) is -1.84. The van der Waals surface area contributed by atoms with E-state index in [1.54, 1.807) is 48.5 Å². The fraction of sp³-hybridized carbons (Fsp3) is 0.609. The molecule has 0 heterocycles. The Morgan fingerprint density at radius 2 is 1.58 bits per heavy atom. The van der Waals surface area contributed by atoms with Gasteiger partial charge in [-0.3, -0.25) is 4.79 Å². The molecule has 8 nitrogen and oxygen atoms in total. The Balaban J connectivity index is 2.83. The van der Waals surface area contributed by atoms with Crippen LogP contribution in [0.3, 0.4) is 0 Å². The van der Waals surface area contributed by atoms with Gasteiger partial charge in [-0.1, -0.05) is 44.2 Å². The molecule has 1 unspecified atom stereocenters. The minimum Gasteiger partial charge on any atom is -0.453 e. The molecule has 0 radical (unpaired) electrons. The van der Waals surface area contributed by atoms with Gasteiger partial charge in [0.2, 0.25) is 5.91 Å². The van der Waals surface area contributed by atoms with E-state index in [0.717, 1.165) is 5.56 Å². The first-order valence-electron chi connectivity index (χ1n) is 10.3. The van der Waals surface area contributed by atoms with Gasteiger partial charge in [0.25, 0.3) is 0 Å². The van der Waals surface area contributed by atoms with Crippen LogP contribution in [0.1, 0.15) is 54.0 Å². The van der Waals surface area contributed by atoms with E-state index in [4.69, 9.17) is 9.47 Å². The molecule has 1 rings (SSSR count). The maximum Gasteiger partial charge on any atom is 0.408 e. The van der Waals surface area contributed by atoms with Crippen molar-refractivity contribution in [3.05, 3.63) is 35.9 Å². The molecule has 31 heavy (non-hydrogen) atoms. The number of nitrogens with one attached hydrogen (secondary N) is 1. The normalized spacial score (nSPS) is 13.9. The zero-order valence-corrected chi connectivity index (χ0v) is 19.8. The van der Waals surface area contributed by atoms with E-state index in [9.17, 15) is 19.5 Å². The van der Waals surface area contributed by atoms with Crippen molar-refractivity contribution < 1.29 is 29.0 Å². The summed E-state index contributed by atoms with van der Waals surface area (Å²) >= 11 is 0. The number of carbonyl (C=O) groups is 3. The number of likely N-dealkylation sites (N-methyl/N-ethyl adjacent to an activating group) is 1. The van der Waals surface area contributed by atoms with E-state index in [2.05, 4.69) is 5.32 Å². The molecule has 0 aliphatic heterocycles. The van der Waals surface area contributed by atoms with E-state index in [0.29, 0.717) is 0 Å². The first-order chi connectivity index (χ1) is 14.1. The van der Waals surface area contributed by atoms with Gasteiger partial charge >= 0.3 is 12.1 Å². The summed E-state index contributed by atoms with van der Waals surface area (Å²) < 4.78 is 10.8. The molecule has 1 aromatic rings. The van der Waals surface area contributed by atoms with Crippen molar-refractivity contribution in [2.45, 2.75) is 65.3 Å². The third kappa shape index (κ3) is 7.86. The summed E-state index contributed by atoms with van der Waals surface area (Å²) in [6.45, 7) is 11.3. The Morgan fingerprint density at radius 1 is 1.03 bits per heavy atom. The maximum atomic E-state index is 13.0. The number of alkyl carbamates (subject to hydrolysis) is 1. The van der Waals surface area contributed by atoms with Gasteiger partial charge in [-0.2, -0.15) is 0 Å². The highest BCUT2D eigenvalue weighted by atomic mass is 16.6. The number of ether oxygens (including phenoxy) is 2. The van der Waals surface area contributed by atoms with Gasteiger partial charge in [0.05, 0.1) is 6.54 Å². The van der Waals surface area contributed by atoms with Crippen molar-refractivity contribution in [1.29, 1.82) is 0 Å². The van der Waals surface area contributed by atoms with Crippen molar-refractivity contribution in [1.82, 2.24) is 10.2 Å². The van der Waals surface area contributed by atoms with Gasteiger partial charge in [-0.25, -0.2) is 9.59 Å². The van der Waals surface area contributed by atoms with Crippen LogP contribution in [0.25, 0.3) is 0 Å². The number of aliphatic hydroxyl groups is 1.